The molecular weight excluding hydrogens is 920 g/mol. The van der Waals surface area contributed by atoms with E-state index in [0.717, 1.165) is 105 Å². The molecule has 10 heteroatoms. The van der Waals surface area contributed by atoms with E-state index >= 15 is 4.57 Å². The molecule has 0 bridgehead atoms. The van der Waals surface area contributed by atoms with Crippen LogP contribution in [-0.2, 0) is 4.57 Å². The van der Waals surface area contributed by atoms with Crippen LogP contribution >= 0.6 is 7.44 Å². The van der Waals surface area contributed by atoms with Crippen LogP contribution in [0.5, 0.6) is 0 Å². The molecule has 0 saturated carbocycles. The van der Waals surface area contributed by atoms with Crippen LogP contribution in [-0.4, -0.2) is 19.5 Å². The number of furan rings is 2. The molecule has 1 aliphatic heterocycles. The first-order valence-corrected chi connectivity index (χ1v) is 25.8. The number of para-hydroxylation sites is 7. The molecule has 15 rings (SSSR count). The lowest BCUT2D eigenvalue weighted by Gasteiger charge is -2.33. The van der Waals surface area contributed by atoms with Gasteiger partial charge in [-0.1, -0.05) is 146 Å². The number of rotatable bonds is 7. The lowest BCUT2D eigenvalue weighted by Crippen LogP contribution is -2.26. The number of hydrogen-bond donors (Lipinski definition) is 0. The molecule has 344 valence electrons. The largest absolute Gasteiger partial charge is 0.455 e. The molecular formula is C63H39N6O3P. The van der Waals surface area contributed by atoms with Crippen molar-refractivity contribution in [2.24, 2.45) is 0 Å². The fraction of sp³-hybridized carbons (Fsp3) is 0. The molecule has 0 fully saturated rings. The molecule has 1 atom stereocenters. The van der Waals surface area contributed by atoms with Gasteiger partial charge in [0.1, 0.15) is 22.3 Å². The lowest BCUT2D eigenvalue weighted by molar-refractivity contribution is 0.582. The third-order valence-electron chi connectivity index (χ3n) is 14.2. The maximum Gasteiger partial charge on any atom is 0.301 e. The van der Waals surface area contributed by atoms with E-state index in [4.69, 9.17) is 23.8 Å². The number of aromatic nitrogens is 4. The number of nitrogens with zero attached hydrogens (tertiary/aromatic N) is 6. The van der Waals surface area contributed by atoms with Crippen molar-refractivity contribution in [3.05, 3.63) is 237 Å². The van der Waals surface area contributed by atoms with E-state index in [9.17, 15) is 0 Å². The van der Waals surface area contributed by atoms with Crippen LogP contribution in [0.15, 0.2) is 245 Å². The number of benzene rings is 10. The molecule has 0 saturated heterocycles. The van der Waals surface area contributed by atoms with Crippen molar-refractivity contribution in [2.75, 3.05) is 9.34 Å². The van der Waals surface area contributed by atoms with Gasteiger partial charge in [0.05, 0.1) is 38.8 Å². The van der Waals surface area contributed by atoms with E-state index in [2.05, 4.69) is 83.4 Å². The summed E-state index contributed by atoms with van der Waals surface area (Å²) in [4.78, 5) is 16.0. The Morgan fingerprint density at radius 2 is 0.849 bits per heavy atom. The van der Waals surface area contributed by atoms with E-state index < -0.39 is 7.44 Å². The van der Waals surface area contributed by atoms with Gasteiger partial charge in [-0.25, -0.2) is 4.98 Å². The van der Waals surface area contributed by atoms with Crippen molar-refractivity contribution in [3.8, 4) is 39.9 Å². The molecule has 0 spiro atoms. The van der Waals surface area contributed by atoms with E-state index in [-0.39, 0.29) is 0 Å². The van der Waals surface area contributed by atoms with Crippen molar-refractivity contribution in [2.45, 2.75) is 0 Å². The van der Waals surface area contributed by atoms with Crippen LogP contribution in [0, 0.1) is 0 Å². The monoisotopic (exact) mass is 958 g/mol. The average molecular weight is 959 g/mol. The summed E-state index contributed by atoms with van der Waals surface area (Å²) in [6.45, 7) is 0. The summed E-state index contributed by atoms with van der Waals surface area (Å²) in [6.07, 6.45) is 0. The normalized spacial score (nSPS) is 14.6. The summed E-state index contributed by atoms with van der Waals surface area (Å²) in [5.41, 5.74) is 11.7. The third-order valence-corrected chi connectivity index (χ3v) is 17.1. The Morgan fingerprint density at radius 3 is 1.47 bits per heavy atom. The molecule has 14 aromatic rings. The van der Waals surface area contributed by atoms with Crippen molar-refractivity contribution in [1.29, 1.82) is 0 Å². The highest BCUT2D eigenvalue weighted by atomic mass is 31.2. The van der Waals surface area contributed by atoms with Gasteiger partial charge in [0.15, 0.2) is 11.6 Å². The maximum absolute atomic E-state index is 16.3. The summed E-state index contributed by atoms with van der Waals surface area (Å²) in [5, 5.41) is 6.81. The SMILES string of the molecule is O=P1(c2ccccc2)N(c2ccccc2)c2ccc(-c3ccc4c(c3)c3ccccc3n4-c3nc(-c4cccc5c4oc4ccccc45)nc(-c4cccc5c4oc4ccccc45)n3)cc2N1c1ccccc1. The highest BCUT2D eigenvalue weighted by molar-refractivity contribution is 7.76. The summed E-state index contributed by atoms with van der Waals surface area (Å²) < 4.78 is 35.7. The minimum Gasteiger partial charge on any atom is -0.455 e. The van der Waals surface area contributed by atoms with Gasteiger partial charge in [-0.15, -0.1) is 0 Å². The molecule has 0 radical (unpaired) electrons. The molecule has 0 N–H and O–H groups in total. The van der Waals surface area contributed by atoms with Gasteiger partial charge in [-0.2, -0.15) is 9.97 Å². The maximum atomic E-state index is 16.3. The standard InChI is InChI=1S/C63H39N6O3P/c70-73(44-22-8-3-9-23-44)68(42-18-4-1-5-19-42)55-37-35-41(39-56(55)69(73)43-20-6-2-7-21-43)40-34-36-54-52(38-40)45-24-10-13-31-53(45)67(54)63-65-61(50-29-16-27-48-46-25-11-14-32-57(46)71-59(48)50)64-62(66-63)51-30-17-28-49-47-26-12-15-33-58(47)72-60(49)51/h1-39H. The fourth-order valence-electron chi connectivity index (χ4n) is 10.9. The van der Waals surface area contributed by atoms with Crippen LogP contribution in [0.2, 0.25) is 0 Å². The average Bonchev–Trinajstić information content (AvgIpc) is 4.20. The van der Waals surface area contributed by atoms with Crippen LogP contribution < -0.4 is 14.6 Å². The van der Waals surface area contributed by atoms with Gasteiger partial charge in [0, 0.05) is 43.7 Å². The first kappa shape index (κ1) is 41.2. The van der Waals surface area contributed by atoms with Crippen LogP contribution in [0.3, 0.4) is 0 Å². The van der Waals surface area contributed by atoms with E-state index in [1.807, 2.05) is 167 Å². The van der Waals surface area contributed by atoms with Gasteiger partial charge in [-0.3, -0.25) is 18.5 Å². The molecule has 9 nitrogen and oxygen atoms in total. The van der Waals surface area contributed by atoms with Gasteiger partial charge < -0.3 is 8.83 Å². The summed E-state index contributed by atoms with van der Waals surface area (Å²) in [5.74, 6) is 1.39. The van der Waals surface area contributed by atoms with Crippen LogP contribution in [0.1, 0.15) is 0 Å². The molecule has 1 aliphatic rings. The van der Waals surface area contributed by atoms with E-state index in [1.54, 1.807) is 0 Å². The Labute approximate surface area is 418 Å². The Balaban J connectivity index is 0.938. The van der Waals surface area contributed by atoms with E-state index in [0.29, 0.717) is 28.8 Å². The van der Waals surface area contributed by atoms with Crippen molar-refractivity contribution in [3.63, 3.8) is 0 Å². The zero-order valence-electron chi connectivity index (χ0n) is 38.9. The smallest absolute Gasteiger partial charge is 0.301 e. The zero-order valence-corrected chi connectivity index (χ0v) is 39.8. The second kappa shape index (κ2) is 16.0. The number of anilines is 4. The van der Waals surface area contributed by atoms with Crippen LogP contribution in [0.25, 0.3) is 106 Å². The van der Waals surface area contributed by atoms with E-state index in [1.165, 1.54) is 0 Å². The molecule has 4 aromatic heterocycles. The Bertz CT molecular complexity index is 4440. The van der Waals surface area contributed by atoms with Crippen molar-refractivity contribution >= 4 is 101 Å². The highest BCUT2D eigenvalue weighted by Gasteiger charge is 2.49. The number of hydrogen-bond acceptors (Lipinski definition) is 6. The predicted octanol–water partition coefficient (Wildman–Crippen LogP) is 16.6. The molecule has 5 heterocycles. The topological polar surface area (TPSA) is 93.4 Å². The lowest BCUT2D eigenvalue weighted by atomic mass is 10.0. The summed E-state index contributed by atoms with van der Waals surface area (Å²) >= 11 is 0. The molecule has 10 aromatic carbocycles. The Morgan fingerprint density at radius 1 is 0.370 bits per heavy atom. The zero-order chi connectivity index (χ0) is 48.2. The van der Waals surface area contributed by atoms with Gasteiger partial charge >= 0.3 is 7.44 Å². The van der Waals surface area contributed by atoms with Crippen LogP contribution in [0.4, 0.5) is 22.7 Å². The van der Waals surface area contributed by atoms with Gasteiger partial charge in [0.2, 0.25) is 5.95 Å². The van der Waals surface area contributed by atoms with Crippen molar-refractivity contribution in [1.82, 2.24) is 19.5 Å². The van der Waals surface area contributed by atoms with Gasteiger partial charge in [-0.05, 0) is 102 Å². The predicted molar refractivity (Wildman–Crippen MR) is 296 cm³/mol. The fourth-order valence-corrected chi connectivity index (χ4v) is 13.9. The van der Waals surface area contributed by atoms with Gasteiger partial charge in [0.25, 0.3) is 0 Å². The Kier molecular flexibility index (Phi) is 9.03. The molecule has 0 amide bonds. The summed E-state index contributed by atoms with van der Waals surface area (Å²) in [6, 6.07) is 79.7. The van der Waals surface area contributed by atoms with Crippen molar-refractivity contribution < 1.29 is 13.4 Å². The first-order chi connectivity index (χ1) is 36.1. The number of fused-ring (bicyclic) bond motifs is 10. The summed E-state index contributed by atoms with van der Waals surface area (Å²) in [7, 11) is -3.55. The minimum absolute atomic E-state index is 0.453. The quantitative estimate of drug-likeness (QED) is 0.146. The minimum atomic E-state index is -3.55. The second-order valence-corrected chi connectivity index (χ2v) is 20.7. The molecule has 1 unspecified atom stereocenters. The highest BCUT2D eigenvalue weighted by Crippen LogP contribution is 2.70. The Hall–Kier alpha value is -9.56. The molecule has 0 aliphatic carbocycles. The second-order valence-electron chi connectivity index (χ2n) is 18.3. The molecule has 73 heavy (non-hydrogen) atoms. The first-order valence-electron chi connectivity index (χ1n) is 24.2. The third kappa shape index (κ3) is 6.22.